The van der Waals surface area contributed by atoms with Crippen molar-refractivity contribution in [2.45, 2.75) is 20.8 Å². The number of hydroxylamine groups is 1. The van der Waals surface area contributed by atoms with Crippen molar-refractivity contribution in [3.63, 3.8) is 0 Å². The molecule has 0 spiro atoms. The lowest BCUT2D eigenvalue weighted by molar-refractivity contribution is -0.117. The molecule has 76 valence electrons. The molecule has 0 atom stereocenters. The lowest BCUT2D eigenvalue weighted by atomic mass is 10.00. The molecule has 0 saturated carbocycles. The standard InChI is InChI=1S/C7H14NO2PS2/c1-7(2,3)6(9)13-5-4-8(10)11-12/h10H,4-5H2,1-3H3/i10T. The number of hydrogen-bond donors (Lipinski definition) is 1. The highest BCUT2D eigenvalue weighted by Crippen LogP contribution is 2.22. The van der Waals surface area contributed by atoms with Gasteiger partial charge in [-0.05, 0) is 11.8 Å². The van der Waals surface area contributed by atoms with Crippen molar-refractivity contribution < 1.29 is 11.4 Å². The Morgan fingerprint density at radius 2 is 2.38 bits per heavy atom. The van der Waals surface area contributed by atoms with E-state index in [2.05, 4.69) is 17.0 Å². The van der Waals surface area contributed by atoms with Crippen LogP contribution in [0.5, 0.6) is 0 Å². The van der Waals surface area contributed by atoms with Crippen LogP contribution in [0.4, 0.5) is 0 Å². The van der Waals surface area contributed by atoms with Crippen LogP contribution < -0.4 is 0 Å². The van der Waals surface area contributed by atoms with Crippen molar-refractivity contribution in [1.29, 1.82) is 0 Å². The van der Waals surface area contributed by atoms with Crippen LogP contribution in [-0.4, -0.2) is 27.5 Å². The molecule has 6 heteroatoms. The van der Waals surface area contributed by atoms with Gasteiger partial charge in [0.15, 0.2) is 5.12 Å². The van der Waals surface area contributed by atoms with E-state index < -0.39 is 0 Å². The molecule has 0 fully saturated rings. The fraction of sp³-hybridized carbons (Fsp3) is 0.857. The summed E-state index contributed by atoms with van der Waals surface area (Å²) in [6, 6.07) is 0. The molecule has 0 aromatic heterocycles. The van der Waals surface area contributed by atoms with Crippen LogP contribution >= 0.6 is 19.3 Å². The van der Waals surface area contributed by atoms with E-state index in [0.29, 0.717) is 19.8 Å². The smallest absolute Gasteiger partial charge is 0.239 e. The van der Waals surface area contributed by atoms with E-state index in [4.69, 9.17) is 1.43 Å². The van der Waals surface area contributed by atoms with Gasteiger partial charge in [0.2, 0.25) is 1.43 Å². The molecule has 0 rings (SSSR count). The minimum absolute atomic E-state index is 0.142. The summed E-state index contributed by atoms with van der Waals surface area (Å²) in [5.41, 5.74) is -0.316. The number of carbonyl (C=O) groups excluding carboxylic acids is 1. The summed E-state index contributed by atoms with van der Waals surface area (Å²) in [5.74, 6) is 0.596. The highest BCUT2D eigenvalue weighted by molar-refractivity contribution is 8.13. The Morgan fingerprint density at radius 3 is 2.77 bits per heavy atom. The van der Waals surface area contributed by atoms with Crippen molar-refractivity contribution in [2.75, 3.05) is 12.3 Å². The lowest BCUT2D eigenvalue weighted by Crippen LogP contribution is -2.19. The van der Waals surface area contributed by atoms with Gasteiger partial charge in [0.1, 0.15) is 0 Å². The molecule has 0 radical (unpaired) electrons. The van der Waals surface area contributed by atoms with Gasteiger partial charge in [-0.3, -0.25) is 4.79 Å². The second-order valence-electron chi connectivity index (χ2n) is 3.54. The maximum atomic E-state index is 11.5. The monoisotopic (exact) mass is 241 g/mol. The van der Waals surface area contributed by atoms with Crippen LogP contribution in [-0.2, 0) is 16.6 Å². The van der Waals surface area contributed by atoms with Gasteiger partial charge in [-0.25, -0.2) is 0 Å². The van der Waals surface area contributed by atoms with Crippen molar-refractivity contribution in [3.05, 3.63) is 0 Å². The molecule has 0 aromatic carbocycles. The Kier molecular flexibility index (Phi) is 5.36. The van der Waals surface area contributed by atoms with Gasteiger partial charge in [-0.1, -0.05) is 32.5 Å². The van der Waals surface area contributed by atoms with Crippen molar-refractivity contribution in [1.82, 2.24) is 4.83 Å². The van der Waals surface area contributed by atoms with Crippen LogP contribution in [0.25, 0.3) is 0 Å². The minimum Gasteiger partial charge on any atom is -0.305 e. The molecule has 0 aliphatic carbocycles. The van der Waals surface area contributed by atoms with E-state index in [-0.39, 0.29) is 10.5 Å². The zero-order valence-corrected chi connectivity index (χ0v) is 10.5. The molecular formula is C7H14NO2PS2. The lowest BCUT2D eigenvalue weighted by Gasteiger charge is -2.15. The van der Waals surface area contributed by atoms with E-state index in [0.717, 1.165) is 0 Å². The van der Waals surface area contributed by atoms with Crippen LogP contribution in [0.3, 0.4) is 0 Å². The predicted molar refractivity (Wildman–Crippen MR) is 59.7 cm³/mol. The Labute approximate surface area is 91.2 Å². The average molecular weight is 241 g/mol. The van der Waals surface area contributed by atoms with Crippen molar-refractivity contribution in [3.8, 4) is 0 Å². The second-order valence-corrected chi connectivity index (χ2v) is 5.71. The summed E-state index contributed by atoms with van der Waals surface area (Å²) in [5, 5.41) is 4.35. The first-order valence-electron chi connectivity index (χ1n) is 4.24. The van der Waals surface area contributed by atoms with Crippen LogP contribution in [0.1, 0.15) is 20.8 Å². The zero-order valence-electron chi connectivity index (χ0n) is 8.94. The van der Waals surface area contributed by atoms with Gasteiger partial charge >= 0.3 is 0 Å². The fourth-order valence-electron chi connectivity index (χ4n) is 0.474. The fourth-order valence-corrected chi connectivity index (χ4v) is 1.91. The molecule has 0 saturated heterocycles. The highest BCUT2D eigenvalue weighted by Gasteiger charge is 2.21. The number of nitrogens with zero attached hydrogens (tertiary/aromatic N) is 1. The first-order valence-corrected chi connectivity index (χ1v) is 6.67. The van der Waals surface area contributed by atoms with Gasteiger partial charge in [0, 0.05) is 17.7 Å². The molecule has 0 aromatic rings. The largest absolute Gasteiger partial charge is 0.305 e. The number of carbonyl (C=O) groups is 1. The van der Waals surface area contributed by atoms with Crippen LogP contribution in [0.2, 0.25) is 1.43 Å². The maximum Gasteiger partial charge on any atom is 0.239 e. The Morgan fingerprint density at radius 1 is 1.77 bits per heavy atom. The van der Waals surface area contributed by atoms with Crippen molar-refractivity contribution >= 4 is 36.2 Å². The summed E-state index contributed by atoms with van der Waals surface area (Å²) < 4.78 is 6.63. The zero-order chi connectivity index (χ0) is 11.2. The highest BCUT2D eigenvalue weighted by atomic mass is 32.4. The molecule has 0 bridgehead atoms. The number of hydrogen-bond acceptors (Lipinski definition) is 4. The average Bonchev–Trinajstić information content (AvgIpc) is 2.10. The third kappa shape index (κ3) is 6.52. The maximum absolute atomic E-state index is 11.5. The molecule has 0 amide bonds. The SMILES string of the molecule is [3H]ON(CCSC(=O)C(C)(C)C)P=S. The van der Waals surface area contributed by atoms with E-state index in [1.165, 1.54) is 16.6 Å². The van der Waals surface area contributed by atoms with Gasteiger partial charge < -0.3 is 5.21 Å². The summed E-state index contributed by atoms with van der Waals surface area (Å²) in [4.78, 5) is 12.7. The normalized spacial score (nSPS) is 13.4. The third-order valence-electron chi connectivity index (χ3n) is 1.22. The summed E-state index contributed by atoms with van der Waals surface area (Å²) >= 11 is 5.93. The van der Waals surface area contributed by atoms with E-state index >= 15 is 0 Å². The van der Waals surface area contributed by atoms with E-state index in [1.807, 2.05) is 20.8 Å². The predicted octanol–water partition coefficient (Wildman–Crippen LogP) is 2.31. The Balaban J connectivity index is 3.74. The van der Waals surface area contributed by atoms with Crippen LogP contribution in [0, 0.1) is 5.41 Å². The van der Waals surface area contributed by atoms with Gasteiger partial charge in [-0.2, -0.15) is 0 Å². The number of rotatable bonds is 5. The molecule has 0 aliphatic rings. The van der Waals surface area contributed by atoms with Gasteiger partial charge in [0.25, 0.3) is 0 Å². The first-order chi connectivity index (χ1) is 6.41. The molecule has 13 heavy (non-hydrogen) atoms. The van der Waals surface area contributed by atoms with Gasteiger partial charge in [0.05, 0.1) is 7.51 Å². The first kappa shape index (κ1) is 11.5. The Bertz CT molecular complexity index is 210. The molecule has 1 N–H and O–H groups in total. The quantitative estimate of drug-likeness (QED) is 0.591. The summed E-state index contributed by atoms with van der Waals surface area (Å²) in [6.45, 7) is 6.13. The van der Waals surface area contributed by atoms with E-state index in [9.17, 15) is 4.79 Å². The molecule has 3 nitrogen and oxygen atoms in total. The Hall–Kier alpha value is 0.460. The van der Waals surface area contributed by atoms with Crippen LogP contribution in [0.15, 0.2) is 0 Å². The topological polar surface area (TPSA) is 40.5 Å². The summed E-state index contributed by atoms with van der Waals surface area (Å²) in [7, 11) is 0.466. The van der Waals surface area contributed by atoms with Crippen molar-refractivity contribution in [2.24, 2.45) is 5.41 Å². The molecule has 0 aliphatic heterocycles. The molecule has 0 heterocycles. The number of thioether (sulfide) groups is 1. The van der Waals surface area contributed by atoms with E-state index in [1.54, 1.807) is 0 Å². The third-order valence-corrected chi connectivity index (χ3v) is 3.41. The molecule has 0 unspecified atom stereocenters. The second kappa shape index (κ2) is 6.04. The minimum atomic E-state index is -0.316. The molecular weight excluding hydrogens is 225 g/mol. The summed E-state index contributed by atoms with van der Waals surface area (Å²) in [6.07, 6.45) is 0. The van der Waals surface area contributed by atoms with Gasteiger partial charge in [-0.15, -0.1) is 4.83 Å².